The summed E-state index contributed by atoms with van der Waals surface area (Å²) in [5.41, 5.74) is 6.83. The molecule has 0 N–H and O–H groups in total. The highest BCUT2D eigenvalue weighted by Gasteiger charge is 2.30. The zero-order valence-electron chi connectivity index (χ0n) is 28.2. The Hall–Kier alpha value is -3.40. The standard InChI is InChI=1S/C36H44ClN5O5S/c1-36(2,3)47-35(43)40-16-12-27-8-6-26(22-30(27)24-40)7-9-28-23-29(10-11-32(28)37)34-31-25-41(48(4,44)45)17-13-33(31)42(38-34)15-5-14-39-18-20-46-21-19-39/h6,8,10-11,22-23H,5,12-21,24-25H2,1-4H3. The number of amides is 1. The van der Waals surface area contributed by atoms with E-state index in [1.54, 1.807) is 4.90 Å². The van der Waals surface area contributed by atoms with Gasteiger partial charge in [0.1, 0.15) is 5.60 Å². The molecule has 10 nitrogen and oxygen atoms in total. The first-order chi connectivity index (χ1) is 22.8. The van der Waals surface area contributed by atoms with Crippen LogP contribution in [-0.4, -0.2) is 96.2 Å². The van der Waals surface area contributed by atoms with E-state index in [2.05, 4.69) is 27.5 Å². The molecule has 12 heteroatoms. The van der Waals surface area contributed by atoms with Crippen molar-refractivity contribution in [3.63, 3.8) is 0 Å². The Morgan fingerprint density at radius 1 is 0.979 bits per heavy atom. The maximum absolute atomic E-state index is 12.7. The van der Waals surface area contributed by atoms with Gasteiger partial charge in [-0.25, -0.2) is 13.2 Å². The number of carbonyl (C=O) groups is 1. The van der Waals surface area contributed by atoms with Gasteiger partial charge in [0.2, 0.25) is 10.0 Å². The highest BCUT2D eigenvalue weighted by Crippen LogP contribution is 2.33. The van der Waals surface area contributed by atoms with Crippen molar-refractivity contribution >= 4 is 27.7 Å². The van der Waals surface area contributed by atoms with Gasteiger partial charge in [-0.3, -0.25) is 9.58 Å². The number of sulfonamides is 1. The van der Waals surface area contributed by atoms with Crippen molar-refractivity contribution in [2.45, 2.75) is 65.3 Å². The predicted octanol–water partition coefficient (Wildman–Crippen LogP) is 4.94. The third-order valence-electron chi connectivity index (χ3n) is 8.97. The molecule has 4 heterocycles. The molecule has 2 aromatic carbocycles. The van der Waals surface area contributed by atoms with Crippen molar-refractivity contribution in [1.29, 1.82) is 0 Å². The van der Waals surface area contributed by atoms with Crippen LogP contribution in [0.5, 0.6) is 0 Å². The number of carbonyl (C=O) groups excluding carboxylic acids is 1. The molecule has 3 aromatic rings. The van der Waals surface area contributed by atoms with Gasteiger partial charge in [0.25, 0.3) is 0 Å². The number of aryl methyl sites for hydroxylation is 1. The lowest BCUT2D eigenvalue weighted by atomic mass is 9.97. The molecule has 0 saturated carbocycles. The number of hydrogen-bond donors (Lipinski definition) is 0. The summed E-state index contributed by atoms with van der Waals surface area (Å²) in [5, 5.41) is 5.59. The number of benzene rings is 2. The third-order valence-corrected chi connectivity index (χ3v) is 10.5. The molecule has 0 spiro atoms. The molecule has 48 heavy (non-hydrogen) atoms. The van der Waals surface area contributed by atoms with E-state index >= 15 is 0 Å². The van der Waals surface area contributed by atoms with Crippen LogP contribution in [0.1, 0.15) is 60.7 Å². The normalized spacial score (nSPS) is 17.3. The van der Waals surface area contributed by atoms with Crippen LogP contribution >= 0.6 is 11.6 Å². The Kier molecular flexibility index (Phi) is 10.2. The summed E-state index contributed by atoms with van der Waals surface area (Å²) in [6.45, 7) is 12.6. The molecule has 3 aliphatic heterocycles. The van der Waals surface area contributed by atoms with E-state index in [1.807, 2.05) is 51.1 Å². The van der Waals surface area contributed by atoms with Crippen LogP contribution in [0.25, 0.3) is 11.3 Å². The maximum atomic E-state index is 12.7. The van der Waals surface area contributed by atoms with E-state index < -0.39 is 15.6 Å². The molecular formula is C36H44ClN5O5S. The van der Waals surface area contributed by atoms with E-state index in [0.717, 1.165) is 85.9 Å². The van der Waals surface area contributed by atoms with Gasteiger partial charge >= 0.3 is 6.09 Å². The van der Waals surface area contributed by atoms with Gasteiger partial charge in [-0.05, 0) is 69.0 Å². The maximum Gasteiger partial charge on any atom is 0.410 e. The summed E-state index contributed by atoms with van der Waals surface area (Å²) in [4.78, 5) is 16.8. The van der Waals surface area contributed by atoms with Gasteiger partial charge in [-0.2, -0.15) is 9.40 Å². The molecule has 0 atom stereocenters. The summed E-state index contributed by atoms with van der Waals surface area (Å²) in [6, 6.07) is 11.8. The average molecular weight is 694 g/mol. The molecule has 1 amide bonds. The van der Waals surface area contributed by atoms with E-state index in [9.17, 15) is 13.2 Å². The first-order valence-corrected chi connectivity index (χ1v) is 18.8. The summed E-state index contributed by atoms with van der Waals surface area (Å²) < 4.78 is 39.7. The molecular weight excluding hydrogens is 650 g/mol. The summed E-state index contributed by atoms with van der Waals surface area (Å²) in [6.07, 6.45) is 3.26. The fourth-order valence-corrected chi connectivity index (χ4v) is 7.41. The lowest BCUT2D eigenvalue weighted by Gasteiger charge is -2.31. The number of rotatable bonds is 6. The summed E-state index contributed by atoms with van der Waals surface area (Å²) >= 11 is 6.66. The number of ether oxygens (including phenoxy) is 2. The third kappa shape index (κ3) is 8.24. The highest BCUT2D eigenvalue weighted by molar-refractivity contribution is 7.88. The van der Waals surface area contributed by atoms with Crippen LogP contribution in [0.2, 0.25) is 5.02 Å². The zero-order valence-corrected chi connectivity index (χ0v) is 29.8. The average Bonchev–Trinajstić information content (AvgIpc) is 3.41. The van der Waals surface area contributed by atoms with E-state index in [4.69, 9.17) is 26.2 Å². The van der Waals surface area contributed by atoms with Crippen molar-refractivity contribution in [2.24, 2.45) is 0 Å². The molecule has 0 radical (unpaired) electrons. The second-order valence-electron chi connectivity index (χ2n) is 13.7. The fraction of sp³-hybridized carbons (Fsp3) is 0.500. The van der Waals surface area contributed by atoms with E-state index in [1.165, 1.54) is 16.1 Å². The van der Waals surface area contributed by atoms with Crippen molar-refractivity contribution in [1.82, 2.24) is 23.9 Å². The monoisotopic (exact) mass is 693 g/mol. The van der Waals surface area contributed by atoms with Gasteiger partial charge in [-0.15, -0.1) is 0 Å². The van der Waals surface area contributed by atoms with Crippen LogP contribution in [0.4, 0.5) is 4.79 Å². The van der Waals surface area contributed by atoms with E-state index in [0.29, 0.717) is 36.6 Å². The number of hydrogen-bond acceptors (Lipinski definition) is 7. The smallest absolute Gasteiger partial charge is 0.410 e. The summed E-state index contributed by atoms with van der Waals surface area (Å²) in [5.74, 6) is 6.53. The topological polar surface area (TPSA) is 97.2 Å². The van der Waals surface area contributed by atoms with Crippen LogP contribution in [-0.2, 0) is 52.0 Å². The Labute approximate surface area is 289 Å². The van der Waals surface area contributed by atoms with Crippen LogP contribution in [0.15, 0.2) is 36.4 Å². The first kappa shape index (κ1) is 34.5. The Morgan fingerprint density at radius 3 is 2.52 bits per heavy atom. The molecule has 6 rings (SSSR count). The molecule has 1 aromatic heterocycles. The molecule has 1 saturated heterocycles. The molecule has 0 aliphatic carbocycles. The Balaban J connectivity index is 1.25. The van der Waals surface area contributed by atoms with Crippen LogP contribution in [0.3, 0.4) is 0 Å². The van der Waals surface area contributed by atoms with Crippen molar-refractivity contribution in [3.05, 3.63) is 74.9 Å². The second-order valence-corrected chi connectivity index (χ2v) is 16.1. The lowest BCUT2D eigenvalue weighted by molar-refractivity contribution is 0.0224. The van der Waals surface area contributed by atoms with Crippen LogP contribution < -0.4 is 0 Å². The quantitative estimate of drug-likeness (QED) is 0.338. The first-order valence-electron chi connectivity index (χ1n) is 16.6. The number of morpholine rings is 1. The Morgan fingerprint density at radius 2 is 1.77 bits per heavy atom. The molecule has 3 aliphatic rings. The van der Waals surface area contributed by atoms with Crippen molar-refractivity contribution in [3.8, 4) is 23.1 Å². The van der Waals surface area contributed by atoms with Gasteiger partial charge in [0.05, 0.1) is 30.2 Å². The van der Waals surface area contributed by atoms with Gasteiger partial charge in [0.15, 0.2) is 0 Å². The number of nitrogens with zero attached hydrogens (tertiary/aromatic N) is 5. The fourth-order valence-electron chi connectivity index (χ4n) is 6.46. The molecule has 0 unspecified atom stereocenters. The predicted molar refractivity (Wildman–Crippen MR) is 186 cm³/mol. The minimum Gasteiger partial charge on any atom is -0.444 e. The number of halogens is 1. The Bertz CT molecular complexity index is 1850. The van der Waals surface area contributed by atoms with E-state index in [-0.39, 0.29) is 12.6 Å². The largest absolute Gasteiger partial charge is 0.444 e. The summed E-state index contributed by atoms with van der Waals surface area (Å²) in [7, 11) is -3.36. The molecule has 1 fully saturated rings. The van der Waals surface area contributed by atoms with Crippen LogP contribution in [0, 0.1) is 11.8 Å². The zero-order chi connectivity index (χ0) is 34.1. The molecule has 256 valence electrons. The second kappa shape index (κ2) is 14.2. The number of fused-ring (bicyclic) bond motifs is 2. The van der Waals surface area contributed by atoms with Gasteiger partial charge in [0, 0.05) is 86.7 Å². The van der Waals surface area contributed by atoms with Crippen molar-refractivity contribution < 1.29 is 22.7 Å². The minimum absolute atomic E-state index is 0.284. The van der Waals surface area contributed by atoms with Gasteiger partial charge in [-0.1, -0.05) is 35.6 Å². The highest BCUT2D eigenvalue weighted by atomic mass is 35.5. The van der Waals surface area contributed by atoms with Crippen molar-refractivity contribution in [2.75, 3.05) is 52.2 Å². The van der Waals surface area contributed by atoms with Gasteiger partial charge < -0.3 is 14.4 Å². The SMILES string of the molecule is CC(C)(C)OC(=O)N1CCc2ccc(C#Cc3cc(-c4nn(CCCN5CCOCC5)c5c4CN(S(C)(=O)=O)CC5)ccc3Cl)cc2C1. The lowest BCUT2D eigenvalue weighted by Crippen LogP contribution is -2.39. The minimum atomic E-state index is -3.36. The molecule has 0 bridgehead atoms. The number of aromatic nitrogens is 2.